The summed E-state index contributed by atoms with van der Waals surface area (Å²) < 4.78 is 13.6. The van der Waals surface area contributed by atoms with E-state index in [0.29, 0.717) is 37.0 Å². The minimum atomic E-state index is -0.302. The Kier molecular flexibility index (Phi) is 29.8. The summed E-state index contributed by atoms with van der Waals surface area (Å²) in [5, 5.41) is 27.5. The molecule has 0 aromatic heterocycles. The highest BCUT2D eigenvalue weighted by Gasteiger charge is 2.20. The average molecular weight is 565 g/mol. The van der Waals surface area contributed by atoms with Gasteiger partial charge in [0, 0.05) is 26.2 Å². The van der Waals surface area contributed by atoms with Gasteiger partial charge in [-0.2, -0.15) is 0 Å². The fourth-order valence-corrected chi connectivity index (χ4v) is 3.78. The van der Waals surface area contributed by atoms with Crippen molar-refractivity contribution in [3.05, 3.63) is 0 Å². The van der Waals surface area contributed by atoms with Crippen LogP contribution in [0.3, 0.4) is 0 Å². The molecule has 0 bridgehead atoms. The number of methoxy groups -OCH3 is 3. The van der Waals surface area contributed by atoms with Gasteiger partial charge in [0.25, 0.3) is 0 Å². The normalized spacial score (nSPS) is 15.1. The molecule has 0 aromatic carbocycles. The van der Waals surface area contributed by atoms with Crippen LogP contribution in [0.25, 0.3) is 0 Å². The van der Waals surface area contributed by atoms with E-state index >= 15 is 0 Å². The zero-order valence-electron chi connectivity index (χ0n) is 26.2. The fourth-order valence-electron chi connectivity index (χ4n) is 3.78. The van der Waals surface area contributed by atoms with Crippen molar-refractivity contribution in [3.63, 3.8) is 0 Å². The van der Waals surface area contributed by atoms with Crippen LogP contribution >= 0.6 is 0 Å². The molecule has 0 aliphatic heterocycles. The topological polar surface area (TPSA) is 140 Å². The van der Waals surface area contributed by atoms with E-state index in [1.165, 1.54) is 21.3 Å². The number of hydrogen-bond acceptors (Lipinski definition) is 9. The molecule has 0 aromatic rings. The van der Waals surface area contributed by atoms with Crippen LogP contribution in [0.4, 0.5) is 0 Å². The van der Waals surface area contributed by atoms with Crippen LogP contribution in [0.5, 0.6) is 0 Å². The maximum atomic E-state index is 11.1. The predicted octanol–water partition coefficient (Wildman–Crippen LogP) is 4.78. The highest BCUT2D eigenvalue weighted by Crippen LogP contribution is 2.23. The summed E-state index contributed by atoms with van der Waals surface area (Å²) in [4.78, 5) is 32.6. The second-order valence-electron chi connectivity index (χ2n) is 10.7. The lowest BCUT2D eigenvalue weighted by molar-refractivity contribution is -0.143. The zero-order chi connectivity index (χ0) is 30.8. The van der Waals surface area contributed by atoms with Gasteiger partial charge in [-0.3, -0.25) is 14.4 Å². The molecule has 0 heterocycles. The Morgan fingerprint density at radius 3 is 1.13 bits per heavy atom. The van der Waals surface area contributed by atoms with Gasteiger partial charge in [0.1, 0.15) is 0 Å². The number of aliphatic hydroxyl groups excluding tert-OH is 3. The minimum absolute atomic E-state index is 0.0356. The Hall–Kier alpha value is -1.71. The third kappa shape index (κ3) is 26.3. The second kappa shape index (κ2) is 27.8. The van der Waals surface area contributed by atoms with Crippen molar-refractivity contribution in [2.75, 3.05) is 41.2 Å². The highest BCUT2D eigenvalue weighted by atomic mass is 16.5. The number of carbonyl (C=O) groups excluding carboxylic acids is 3. The van der Waals surface area contributed by atoms with E-state index in [1.54, 1.807) is 0 Å². The van der Waals surface area contributed by atoms with E-state index in [0.717, 1.165) is 32.1 Å². The van der Waals surface area contributed by atoms with Crippen LogP contribution in [-0.4, -0.2) is 74.4 Å². The van der Waals surface area contributed by atoms with Crippen molar-refractivity contribution in [2.24, 2.45) is 35.5 Å². The molecule has 0 radical (unpaired) electrons. The smallest absolute Gasteiger partial charge is 0.305 e. The first-order chi connectivity index (χ1) is 18.4. The van der Waals surface area contributed by atoms with Crippen LogP contribution in [-0.2, 0) is 28.6 Å². The van der Waals surface area contributed by atoms with Crippen molar-refractivity contribution in [1.82, 2.24) is 0 Å². The quantitative estimate of drug-likeness (QED) is 0.158. The van der Waals surface area contributed by atoms with E-state index < -0.39 is 0 Å². The first kappa shape index (κ1) is 41.8. The lowest BCUT2D eigenvalue weighted by atomic mass is 9.86. The first-order valence-corrected chi connectivity index (χ1v) is 14.4. The van der Waals surface area contributed by atoms with Gasteiger partial charge < -0.3 is 29.5 Å². The number of ether oxygens (including phenoxy) is 3. The molecule has 9 nitrogen and oxygen atoms in total. The first-order valence-electron chi connectivity index (χ1n) is 14.4. The third-order valence-electron chi connectivity index (χ3n) is 7.11. The Morgan fingerprint density at radius 2 is 0.821 bits per heavy atom. The standard InChI is InChI=1S/C13H26O4.C10H20O3.C7H14O2/c1-4-10(2)5-11(8-14)6-12(9-15)7-13(16)17-3;1-4-8(2)5-9(7-11)6-10(12)13-3;1-4-6(2)5-7(8)9-3/h10-12,14-15H,4-9H2,1-3H3;8-9,11H,4-7H2,1-3H3;6H,4-5H2,1-3H3. The van der Waals surface area contributed by atoms with Crippen molar-refractivity contribution in [1.29, 1.82) is 0 Å². The highest BCUT2D eigenvalue weighted by molar-refractivity contribution is 5.70. The summed E-state index contributed by atoms with van der Waals surface area (Å²) in [5.74, 6) is 1.04. The predicted molar refractivity (Wildman–Crippen MR) is 154 cm³/mol. The Balaban J connectivity index is -0.000000524. The molecule has 0 rings (SSSR count). The minimum Gasteiger partial charge on any atom is -0.469 e. The molecule has 0 saturated heterocycles. The number of hydrogen-bond donors (Lipinski definition) is 3. The van der Waals surface area contributed by atoms with Gasteiger partial charge in [-0.15, -0.1) is 0 Å². The molecule has 0 amide bonds. The Bertz CT molecular complexity index is 597. The van der Waals surface area contributed by atoms with Gasteiger partial charge in [-0.25, -0.2) is 0 Å². The Labute approximate surface area is 238 Å². The largest absolute Gasteiger partial charge is 0.469 e. The fraction of sp³-hybridized carbons (Fsp3) is 0.900. The summed E-state index contributed by atoms with van der Waals surface area (Å²) in [6.45, 7) is 12.8. The summed E-state index contributed by atoms with van der Waals surface area (Å²) in [6.07, 6.45) is 6.80. The van der Waals surface area contributed by atoms with Gasteiger partial charge in [-0.05, 0) is 54.8 Å². The number of aliphatic hydroxyl groups is 3. The van der Waals surface area contributed by atoms with Gasteiger partial charge in [-0.1, -0.05) is 60.8 Å². The molecule has 3 N–H and O–H groups in total. The summed E-state index contributed by atoms with van der Waals surface area (Å²) in [5.41, 5.74) is 0. The molecule has 6 unspecified atom stereocenters. The van der Waals surface area contributed by atoms with Crippen molar-refractivity contribution < 1.29 is 43.9 Å². The molecule has 9 heteroatoms. The number of esters is 3. The van der Waals surface area contributed by atoms with Crippen LogP contribution in [0.15, 0.2) is 0 Å². The van der Waals surface area contributed by atoms with Gasteiger partial charge in [0.2, 0.25) is 0 Å². The molecule has 0 saturated carbocycles. The molecule has 0 fully saturated rings. The van der Waals surface area contributed by atoms with Crippen LogP contribution in [0, 0.1) is 35.5 Å². The van der Waals surface area contributed by atoms with Crippen molar-refractivity contribution in [3.8, 4) is 0 Å². The monoisotopic (exact) mass is 564 g/mol. The molecular formula is C30H60O9. The van der Waals surface area contributed by atoms with Gasteiger partial charge in [0.15, 0.2) is 0 Å². The molecule has 234 valence electrons. The summed E-state index contributed by atoms with van der Waals surface area (Å²) >= 11 is 0. The third-order valence-corrected chi connectivity index (χ3v) is 7.11. The van der Waals surface area contributed by atoms with E-state index in [2.05, 4.69) is 48.8 Å². The number of rotatable bonds is 18. The van der Waals surface area contributed by atoms with E-state index in [-0.39, 0.29) is 61.9 Å². The molecular weight excluding hydrogens is 504 g/mol. The average Bonchev–Trinajstić information content (AvgIpc) is 2.95. The van der Waals surface area contributed by atoms with E-state index in [9.17, 15) is 24.6 Å². The van der Waals surface area contributed by atoms with Gasteiger partial charge in [0.05, 0.1) is 34.2 Å². The van der Waals surface area contributed by atoms with Crippen molar-refractivity contribution in [2.45, 2.75) is 99.3 Å². The Morgan fingerprint density at radius 1 is 0.513 bits per heavy atom. The molecule has 0 aliphatic carbocycles. The van der Waals surface area contributed by atoms with Crippen LogP contribution in [0.2, 0.25) is 0 Å². The van der Waals surface area contributed by atoms with Crippen LogP contribution < -0.4 is 0 Å². The van der Waals surface area contributed by atoms with E-state index in [4.69, 9.17) is 5.11 Å². The zero-order valence-corrected chi connectivity index (χ0v) is 26.2. The maximum Gasteiger partial charge on any atom is 0.305 e. The summed E-state index contributed by atoms with van der Waals surface area (Å²) in [7, 11) is 4.14. The molecule has 39 heavy (non-hydrogen) atoms. The number of carbonyl (C=O) groups is 3. The van der Waals surface area contributed by atoms with Crippen LogP contribution in [0.1, 0.15) is 99.3 Å². The maximum absolute atomic E-state index is 11.1. The lowest BCUT2D eigenvalue weighted by Gasteiger charge is -2.22. The molecule has 6 atom stereocenters. The lowest BCUT2D eigenvalue weighted by Crippen LogP contribution is -2.20. The SMILES string of the molecule is CCC(C)CC(=O)OC.CCC(C)CC(CO)CC(=O)OC.CCC(C)CC(CO)CC(CO)CC(=O)OC. The molecule has 0 spiro atoms. The summed E-state index contributed by atoms with van der Waals surface area (Å²) in [6, 6.07) is 0. The van der Waals surface area contributed by atoms with Crippen molar-refractivity contribution >= 4 is 17.9 Å². The van der Waals surface area contributed by atoms with Gasteiger partial charge >= 0.3 is 17.9 Å². The molecule has 0 aliphatic rings. The second-order valence-corrected chi connectivity index (χ2v) is 10.7. The van der Waals surface area contributed by atoms with E-state index in [1.807, 2.05) is 6.92 Å².